The first-order chi connectivity index (χ1) is 8.69. The van der Waals surface area contributed by atoms with E-state index >= 15 is 0 Å². The highest BCUT2D eigenvalue weighted by atomic mass is 16.4. The van der Waals surface area contributed by atoms with Crippen molar-refractivity contribution in [3.63, 3.8) is 0 Å². The molecule has 1 fully saturated rings. The van der Waals surface area contributed by atoms with Gasteiger partial charge in [0, 0.05) is 6.04 Å². The first-order valence-electron chi connectivity index (χ1n) is 6.29. The Kier molecular flexibility index (Phi) is 4.14. The van der Waals surface area contributed by atoms with Crippen molar-refractivity contribution in [3.8, 4) is 0 Å². The van der Waals surface area contributed by atoms with Gasteiger partial charge in [0.25, 0.3) is 0 Å². The van der Waals surface area contributed by atoms with Gasteiger partial charge in [0.15, 0.2) is 0 Å². The van der Waals surface area contributed by atoms with E-state index in [9.17, 15) is 4.79 Å². The van der Waals surface area contributed by atoms with Crippen LogP contribution in [0.4, 0.5) is 6.01 Å². The summed E-state index contributed by atoms with van der Waals surface area (Å²) in [6.07, 6.45) is 2.15. The minimum absolute atomic E-state index is 0.0380. The van der Waals surface area contributed by atoms with Crippen molar-refractivity contribution in [2.75, 3.05) is 11.9 Å². The molecule has 2 rings (SSSR count). The lowest BCUT2D eigenvalue weighted by Gasteiger charge is -2.11. The first-order valence-corrected chi connectivity index (χ1v) is 6.29. The summed E-state index contributed by atoms with van der Waals surface area (Å²) in [7, 11) is 0. The minimum Gasteiger partial charge on any atom is -0.407 e. The van der Waals surface area contributed by atoms with Crippen LogP contribution in [0.15, 0.2) is 4.42 Å². The third-order valence-electron chi connectivity index (χ3n) is 2.65. The molecule has 0 spiro atoms. The van der Waals surface area contributed by atoms with E-state index in [1.54, 1.807) is 6.92 Å². The summed E-state index contributed by atoms with van der Waals surface area (Å²) in [4.78, 5) is 11.7. The third-order valence-corrected chi connectivity index (χ3v) is 2.65. The SMILES string of the molecule is CCNCc1nnc(NC(C)C(=O)NC2CC2)o1. The van der Waals surface area contributed by atoms with Crippen molar-refractivity contribution < 1.29 is 9.21 Å². The molecule has 18 heavy (non-hydrogen) atoms. The molecule has 1 aliphatic rings. The zero-order chi connectivity index (χ0) is 13.0. The zero-order valence-electron chi connectivity index (χ0n) is 10.7. The number of nitrogens with zero attached hydrogens (tertiary/aromatic N) is 2. The monoisotopic (exact) mass is 253 g/mol. The van der Waals surface area contributed by atoms with Gasteiger partial charge in [-0.15, -0.1) is 5.10 Å². The van der Waals surface area contributed by atoms with E-state index in [1.165, 1.54) is 0 Å². The Morgan fingerprint density at radius 2 is 2.28 bits per heavy atom. The molecule has 100 valence electrons. The number of anilines is 1. The lowest BCUT2D eigenvalue weighted by atomic mass is 10.3. The fourth-order valence-corrected chi connectivity index (χ4v) is 1.42. The van der Waals surface area contributed by atoms with Crippen LogP contribution < -0.4 is 16.0 Å². The zero-order valence-corrected chi connectivity index (χ0v) is 10.7. The van der Waals surface area contributed by atoms with E-state index in [4.69, 9.17) is 4.42 Å². The Morgan fingerprint density at radius 3 is 2.94 bits per heavy atom. The van der Waals surface area contributed by atoms with Crippen LogP contribution in [0.25, 0.3) is 0 Å². The Hall–Kier alpha value is -1.63. The van der Waals surface area contributed by atoms with Gasteiger partial charge in [0.1, 0.15) is 6.04 Å². The van der Waals surface area contributed by atoms with Crippen LogP contribution in [0.5, 0.6) is 0 Å². The van der Waals surface area contributed by atoms with Crippen molar-refractivity contribution >= 4 is 11.9 Å². The van der Waals surface area contributed by atoms with Gasteiger partial charge in [0.2, 0.25) is 11.8 Å². The highest BCUT2D eigenvalue weighted by Crippen LogP contribution is 2.18. The largest absolute Gasteiger partial charge is 0.407 e. The number of nitrogens with one attached hydrogen (secondary N) is 3. The second kappa shape index (κ2) is 5.81. The molecule has 7 nitrogen and oxygen atoms in total. The summed E-state index contributed by atoms with van der Waals surface area (Å²) in [5, 5.41) is 16.6. The summed E-state index contributed by atoms with van der Waals surface area (Å²) in [6, 6.07) is 0.258. The summed E-state index contributed by atoms with van der Waals surface area (Å²) in [5.74, 6) is 0.470. The highest BCUT2D eigenvalue weighted by molar-refractivity contribution is 5.84. The molecule has 0 bridgehead atoms. The van der Waals surface area contributed by atoms with E-state index in [0.717, 1.165) is 19.4 Å². The molecular weight excluding hydrogens is 234 g/mol. The molecule has 1 aromatic heterocycles. The lowest BCUT2D eigenvalue weighted by Crippen LogP contribution is -2.38. The number of carbonyl (C=O) groups is 1. The molecule has 1 amide bonds. The predicted octanol–water partition coefficient (Wildman–Crippen LogP) is 0.258. The average Bonchev–Trinajstić information content (AvgIpc) is 3.05. The quantitative estimate of drug-likeness (QED) is 0.645. The molecule has 0 saturated heterocycles. The predicted molar refractivity (Wildman–Crippen MR) is 65.9 cm³/mol. The fourth-order valence-electron chi connectivity index (χ4n) is 1.42. The topological polar surface area (TPSA) is 92.1 Å². The summed E-state index contributed by atoms with van der Waals surface area (Å²) in [5.41, 5.74) is 0. The molecule has 7 heteroatoms. The molecule has 3 N–H and O–H groups in total. The van der Waals surface area contributed by atoms with Gasteiger partial charge in [-0.1, -0.05) is 12.0 Å². The average molecular weight is 253 g/mol. The maximum absolute atomic E-state index is 11.7. The third kappa shape index (κ3) is 3.69. The van der Waals surface area contributed by atoms with Crippen molar-refractivity contribution in [2.24, 2.45) is 0 Å². The number of amides is 1. The Bertz CT molecular complexity index is 402. The first kappa shape index (κ1) is 12.8. The van der Waals surface area contributed by atoms with Crippen LogP contribution in [0.1, 0.15) is 32.6 Å². The highest BCUT2D eigenvalue weighted by Gasteiger charge is 2.26. The van der Waals surface area contributed by atoms with Gasteiger partial charge < -0.3 is 20.4 Å². The number of aromatic nitrogens is 2. The fraction of sp³-hybridized carbons (Fsp3) is 0.727. The maximum Gasteiger partial charge on any atom is 0.316 e. The Labute approximate surface area is 106 Å². The summed E-state index contributed by atoms with van der Waals surface area (Å²) in [6.45, 7) is 5.14. The molecule has 1 heterocycles. The molecule has 1 aliphatic carbocycles. The summed E-state index contributed by atoms with van der Waals surface area (Å²) < 4.78 is 5.35. The van der Waals surface area contributed by atoms with E-state index in [1.807, 2.05) is 6.92 Å². The number of hydrogen-bond acceptors (Lipinski definition) is 6. The molecule has 1 saturated carbocycles. The Morgan fingerprint density at radius 1 is 1.50 bits per heavy atom. The van der Waals surface area contributed by atoms with Gasteiger partial charge in [-0.2, -0.15) is 0 Å². The van der Waals surface area contributed by atoms with Crippen LogP contribution in [-0.4, -0.2) is 34.7 Å². The van der Waals surface area contributed by atoms with E-state index in [-0.39, 0.29) is 18.0 Å². The maximum atomic E-state index is 11.7. The standard InChI is InChI=1S/C11H19N5O2/c1-3-12-6-9-15-16-11(18-9)13-7(2)10(17)14-8-4-5-8/h7-8,12H,3-6H2,1-2H3,(H,13,16)(H,14,17). The Balaban J connectivity index is 1.80. The lowest BCUT2D eigenvalue weighted by molar-refractivity contribution is -0.121. The van der Waals surface area contributed by atoms with Gasteiger partial charge in [0.05, 0.1) is 6.54 Å². The molecule has 0 radical (unpaired) electrons. The molecule has 1 unspecified atom stereocenters. The second-order valence-electron chi connectivity index (χ2n) is 4.43. The van der Waals surface area contributed by atoms with Crippen LogP contribution in [-0.2, 0) is 11.3 Å². The number of rotatable bonds is 7. The smallest absolute Gasteiger partial charge is 0.316 e. The van der Waals surface area contributed by atoms with Crippen LogP contribution >= 0.6 is 0 Å². The number of carbonyl (C=O) groups excluding carboxylic acids is 1. The van der Waals surface area contributed by atoms with E-state index in [2.05, 4.69) is 26.1 Å². The molecule has 1 aromatic rings. The van der Waals surface area contributed by atoms with Crippen molar-refractivity contribution in [1.29, 1.82) is 0 Å². The van der Waals surface area contributed by atoms with Crippen molar-refractivity contribution in [2.45, 2.75) is 45.3 Å². The van der Waals surface area contributed by atoms with Gasteiger partial charge in [-0.05, 0) is 26.3 Å². The molecule has 1 atom stereocenters. The van der Waals surface area contributed by atoms with Crippen LogP contribution in [0.2, 0.25) is 0 Å². The van der Waals surface area contributed by atoms with Gasteiger partial charge in [-0.3, -0.25) is 4.79 Å². The number of hydrogen-bond donors (Lipinski definition) is 3. The second-order valence-corrected chi connectivity index (χ2v) is 4.43. The normalized spacial score (nSPS) is 16.3. The van der Waals surface area contributed by atoms with Crippen molar-refractivity contribution in [1.82, 2.24) is 20.8 Å². The van der Waals surface area contributed by atoms with Gasteiger partial charge in [-0.25, -0.2) is 0 Å². The minimum atomic E-state index is -0.377. The molecule has 0 aromatic carbocycles. The van der Waals surface area contributed by atoms with Crippen LogP contribution in [0.3, 0.4) is 0 Å². The van der Waals surface area contributed by atoms with E-state index < -0.39 is 0 Å². The molecular formula is C11H19N5O2. The van der Waals surface area contributed by atoms with E-state index in [0.29, 0.717) is 18.5 Å². The van der Waals surface area contributed by atoms with Crippen molar-refractivity contribution in [3.05, 3.63) is 5.89 Å². The van der Waals surface area contributed by atoms with Gasteiger partial charge >= 0.3 is 6.01 Å². The van der Waals surface area contributed by atoms with Crippen LogP contribution in [0, 0.1) is 0 Å². The molecule has 0 aliphatic heterocycles. The summed E-state index contributed by atoms with van der Waals surface area (Å²) >= 11 is 0.